The van der Waals surface area contributed by atoms with Crippen molar-refractivity contribution in [3.63, 3.8) is 0 Å². The summed E-state index contributed by atoms with van der Waals surface area (Å²) >= 11 is 3.34. The van der Waals surface area contributed by atoms with E-state index in [1.165, 1.54) is 0 Å². The molecular formula is C18H19BrN2O3. The number of rotatable bonds is 7. The van der Waals surface area contributed by atoms with Crippen LogP contribution >= 0.6 is 15.9 Å². The fourth-order valence-corrected chi connectivity index (χ4v) is 2.53. The van der Waals surface area contributed by atoms with Crippen molar-refractivity contribution in [1.82, 2.24) is 10.6 Å². The van der Waals surface area contributed by atoms with Gasteiger partial charge in [0.2, 0.25) is 0 Å². The van der Waals surface area contributed by atoms with E-state index >= 15 is 0 Å². The molecule has 0 aliphatic heterocycles. The summed E-state index contributed by atoms with van der Waals surface area (Å²) in [5, 5.41) is 5.53. The predicted molar refractivity (Wildman–Crippen MR) is 96.4 cm³/mol. The van der Waals surface area contributed by atoms with Crippen LogP contribution in [-0.2, 0) is 0 Å². The molecule has 0 radical (unpaired) electrons. The van der Waals surface area contributed by atoms with Crippen molar-refractivity contribution in [2.45, 2.75) is 6.92 Å². The Hall–Kier alpha value is -2.34. The number of hydrogen-bond acceptors (Lipinski definition) is 3. The SMILES string of the molecule is CCOc1ccc(C(=O)NCCNC(=O)c2ccccc2Br)cc1. The van der Waals surface area contributed by atoms with Crippen molar-refractivity contribution in [2.24, 2.45) is 0 Å². The molecule has 6 heteroatoms. The van der Waals surface area contributed by atoms with Gasteiger partial charge in [-0.15, -0.1) is 0 Å². The van der Waals surface area contributed by atoms with E-state index in [-0.39, 0.29) is 11.8 Å². The van der Waals surface area contributed by atoms with E-state index in [1.807, 2.05) is 19.1 Å². The van der Waals surface area contributed by atoms with Gasteiger partial charge in [0.05, 0.1) is 12.2 Å². The lowest BCUT2D eigenvalue weighted by Crippen LogP contribution is -2.34. The highest BCUT2D eigenvalue weighted by atomic mass is 79.9. The fourth-order valence-electron chi connectivity index (χ4n) is 2.06. The van der Waals surface area contributed by atoms with Crippen molar-refractivity contribution in [3.8, 4) is 5.75 Å². The monoisotopic (exact) mass is 390 g/mol. The van der Waals surface area contributed by atoms with Crippen LogP contribution in [0.2, 0.25) is 0 Å². The second-order valence-electron chi connectivity index (χ2n) is 4.95. The summed E-state index contributed by atoms with van der Waals surface area (Å²) in [6, 6.07) is 14.1. The molecule has 0 saturated carbocycles. The Kier molecular flexibility index (Phi) is 6.81. The molecule has 0 aliphatic carbocycles. The first-order valence-corrected chi connectivity index (χ1v) is 8.45. The Morgan fingerprint density at radius 1 is 0.958 bits per heavy atom. The molecule has 2 aromatic rings. The minimum atomic E-state index is -0.187. The molecule has 126 valence electrons. The summed E-state index contributed by atoms with van der Waals surface area (Å²) in [5.74, 6) is 0.362. The van der Waals surface area contributed by atoms with Crippen LogP contribution in [0.3, 0.4) is 0 Å². The highest BCUT2D eigenvalue weighted by molar-refractivity contribution is 9.10. The molecule has 0 heterocycles. The first kappa shape index (κ1) is 18.0. The maximum absolute atomic E-state index is 12.0. The van der Waals surface area contributed by atoms with Crippen molar-refractivity contribution in [1.29, 1.82) is 0 Å². The molecule has 0 aromatic heterocycles. The van der Waals surface area contributed by atoms with E-state index in [0.717, 1.165) is 10.2 Å². The average molecular weight is 391 g/mol. The van der Waals surface area contributed by atoms with Gasteiger partial charge in [-0.1, -0.05) is 12.1 Å². The van der Waals surface area contributed by atoms with Gasteiger partial charge in [-0.3, -0.25) is 9.59 Å². The molecule has 0 atom stereocenters. The number of carbonyl (C=O) groups is 2. The van der Waals surface area contributed by atoms with Gasteiger partial charge in [-0.05, 0) is 59.3 Å². The lowest BCUT2D eigenvalue weighted by Gasteiger charge is -2.09. The standard InChI is InChI=1S/C18H19BrN2O3/c1-2-24-14-9-7-13(8-10-14)17(22)20-11-12-21-18(23)15-5-3-4-6-16(15)19/h3-10H,2,11-12H2,1H3,(H,20,22)(H,21,23). The highest BCUT2D eigenvalue weighted by Crippen LogP contribution is 2.15. The maximum Gasteiger partial charge on any atom is 0.252 e. The second kappa shape index (κ2) is 9.08. The first-order chi connectivity index (χ1) is 11.6. The van der Waals surface area contributed by atoms with E-state index in [2.05, 4.69) is 26.6 Å². The van der Waals surface area contributed by atoms with E-state index < -0.39 is 0 Å². The summed E-state index contributed by atoms with van der Waals surface area (Å²) < 4.78 is 6.07. The Labute approximate surface area is 149 Å². The molecule has 24 heavy (non-hydrogen) atoms. The number of ether oxygens (including phenoxy) is 1. The van der Waals surface area contributed by atoms with Crippen LogP contribution in [0.4, 0.5) is 0 Å². The van der Waals surface area contributed by atoms with Gasteiger partial charge in [-0.25, -0.2) is 0 Å². The minimum absolute atomic E-state index is 0.183. The van der Waals surface area contributed by atoms with Crippen LogP contribution < -0.4 is 15.4 Å². The third-order valence-corrected chi connectivity index (χ3v) is 3.93. The molecular weight excluding hydrogens is 372 g/mol. The van der Waals surface area contributed by atoms with Gasteiger partial charge < -0.3 is 15.4 Å². The number of amides is 2. The van der Waals surface area contributed by atoms with Crippen LogP contribution in [0.1, 0.15) is 27.6 Å². The second-order valence-corrected chi connectivity index (χ2v) is 5.80. The molecule has 0 bridgehead atoms. The van der Waals surface area contributed by atoms with Gasteiger partial charge in [0.15, 0.2) is 0 Å². The average Bonchev–Trinajstić information content (AvgIpc) is 2.59. The molecule has 0 aliphatic rings. The molecule has 2 aromatic carbocycles. The minimum Gasteiger partial charge on any atom is -0.494 e. The molecule has 2 amide bonds. The highest BCUT2D eigenvalue weighted by Gasteiger charge is 2.09. The van der Waals surface area contributed by atoms with Crippen molar-refractivity contribution < 1.29 is 14.3 Å². The number of hydrogen-bond donors (Lipinski definition) is 2. The number of halogens is 1. The summed E-state index contributed by atoms with van der Waals surface area (Å²) in [6.45, 7) is 3.19. The van der Waals surface area contributed by atoms with E-state index in [9.17, 15) is 9.59 Å². The van der Waals surface area contributed by atoms with Crippen molar-refractivity contribution >= 4 is 27.7 Å². The number of nitrogens with one attached hydrogen (secondary N) is 2. The van der Waals surface area contributed by atoms with Crippen LogP contribution in [0.15, 0.2) is 53.0 Å². The Morgan fingerprint density at radius 3 is 2.21 bits per heavy atom. The Balaban J connectivity index is 1.76. The molecule has 0 spiro atoms. The van der Waals surface area contributed by atoms with E-state index in [4.69, 9.17) is 4.74 Å². The number of carbonyl (C=O) groups excluding carboxylic acids is 2. The zero-order chi connectivity index (χ0) is 17.4. The van der Waals surface area contributed by atoms with Gasteiger partial charge in [-0.2, -0.15) is 0 Å². The van der Waals surface area contributed by atoms with Crippen LogP contribution in [0, 0.1) is 0 Å². The third kappa shape index (κ3) is 5.09. The number of benzene rings is 2. The quantitative estimate of drug-likeness (QED) is 0.714. The smallest absolute Gasteiger partial charge is 0.252 e. The van der Waals surface area contributed by atoms with Gasteiger partial charge in [0, 0.05) is 23.1 Å². The lowest BCUT2D eigenvalue weighted by atomic mass is 10.2. The summed E-state index contributed by atoms with van der Waals surface area (Å²) in [7, 11) is 0. The van der Waals surface area contributed by atoms with Gasteiger partial charge in [0.25, 0.3) is 11.8 Å². The zero-order valence-electron chi connectivity index (χ0n) is 13.3. The van der Waals surface area contributed by atoms with Crippen LogP contribution in [0.25, 0.3) is 0 Å². The molecule has 0 saturated heterocycles. The lowest BCUT2D eigenvalue weighted by molar-refractivity contribution is 0.0927. The van der Waals surface area contributed by atoms with E-state index in [0.29, 0.717) is 30.8 Å². The first-order valence-electron chi connectivity index (χ1n) is 7.65. The van der Waals surface area contributed by atoms with Gasteiger partial charge >= 0.3 is 0 Å². The van der Waals surface area contributed by atoms with E-state index in [1.54, 1.807) is 36.4 Å². The molecule has 2 N–H and O–H groups in total. The normalized spacial score (nSPS) is 10.1. The van der Waals surface area contributed by atoms with Gasteiger partial charge in [0.1, 0.15) is 5.75 Å². The molecule has 5 nitrogen and oxygen atoms in total. The molecule has 0 unspecified atom stereocenters. The Bertz CT molecular complexity index is 702. The summed E-state index contributed by atoms with van der Waals surface area (Å²) in [5.41, 5.74) is 1.12. The van der Waals surface area contributed by atoms with Crippen molar-refractivity contribution in [2.75, 3.05) is 19.7 Å². The summed E-state index contributed by atoms with van der Waals surface area (Å²) in [6.07, 6.45) is 0. The fraction of sp³-hybridized carbons (Fsp3) is 0.222. The Morgan fingerprint density at radius 2 is 1.58 bits per heavy atom. The third-order valence-electron chi connectivity index (χ3n) is 3.24. The topological polar surface area (TPSA) is 67.4 Å². The molecule has 0 fully saturated rings. The predicted octanol–water partition coefficient (Wildman–Crippen LogP) is 3.01. The molecule has 2 rings (SSSR count). The largest absolute Gasteiger partial charge is 0.494 e. The van der Waals surface area contributed by atoms with Crippen LogP contribution in [-0.4, -0.2) is 31.5 Å². The summed E-state index contributed by atoms with van der Waals surface area (Å²) in [4.78, 5) is 24.0. The van der Waals surface area contributed by atoms with Crippen molar-refractivity contribution in [3.05, 3.63) is 64.1 Å². The maximum atomic E-state index is 12.0. The zero-order valence-corrected chi connectivity index (χ0v) is 14.9. The van der Waals surface area contributed by atoms with Crippen LogP contribution in [0.5, 0.6) is 5.75 Å².